The topological polar surface area (TPSA) is 86.9 Å². The monoisotopic (exact) mass is 300 g/mol. The Kier molecular flexibility index (Phi) is 4.22. The van der Waals surface area contributed by atoms with Gasteiger partial charge in [0.25, 0.3) is 0 Å². The molecule has 1 aromatic heterocycles. The van der Waals surface area contributed by atoms with Crippen LogP contribution in [0, 0.1) is 18.3 Å². The summed E-state index contributed by atoms with van der Waals surface area (Å²) >= 11 is 0. The fraction of sp³-hybridized carbons (Fsp3) is 0.769. The minimum atomic E-state index is -3.50. The zero-order valence-electron chi connectivity index (χ0n) is 12.6. The van der Waals surface area contributed by atoms with Crippen LogP contribution in [0.1, 0.15) is 38.6 Å². The zero-order valence-corrected chi connectivity index (χ0v) is 13.4. The molecule has 0 radical (unpaired) electrons. The van der Waals surface area contributed by atoms with Crippen LogP contribution in [0.5, 0.6) is 0 Å². The molecular weight excluding hydrogens is 276 g/mol. The van der Waals surface area contributed by atoms with Crippen LogP contribution in [0.25, 0.3) is 0 Å². The molecule has 6 nitrogen and oxygen atoms in total. The number of aryl methyl sites for hydroxylation is 1. The number of nitrogens with one attached hydrogen (secondary N) is 3. The average Bonchev–Trinajstić information content (AvgIpc) is 2.78. The van der Waals surface area contributed by atoms with E-state index >= 15 is 0 Å². The van der Waals surface area contributed by atoms with Gasteiger partial charge in [0.2, 0.25) is 10.0 Å². The van der Waals surface area contributed by atoms with Crippen molar-refractivity contribution >= 4 is 10.0 Å². The van der Waals surface area contributed by atoms with Crippen molar-refractivity contribution in [3.05, 3.63) is 11.4 Å². The Hall–Kier alpha value is -0.920. The summed E-state index contributed by atoms with van der Waals surface area (Å²) in [6, 6.07) is 0. The van der Waals surface area contributed by atoms with E-state index in [-0.39, 0.29) is 10.3 Å². The normalized spacial score (nSPS) is 21.1. The molecule has 1 aromatic rings. The molecule has 0 amide bonds. The van der Waals surface area contributed by atoms with Crippen molar-refractivity contribution in [2.75, 3.05) is 13.1 Å². The Morgan fingerprint density at radius 3 is 2.65 bits per heavy atom. The Morgan fingerprint density at radius 1 is 1.45 bits per heavy atom. The number of aromatic nitrogens is 2. The maximum atomic E-state index is 12.4. The van der Waals surface area contributed by atoms with Gasteiger partial charge < -0.3 is 5.32 Å². The maximum absolute atomic E-state index is 12.4. The van der Waals surface area contributed by atoms with E-state index in [0.717, 1.165) is 13.0 Å². The summed E-state index contributed by atoms with van der Waals surface area (Å²) in [5.74, 6) is 0.432. The molecule has 1 unspecified atom stereocenters. The third kappa shape index (κ3) is 3.21. The van der Waals surface area contributed by atoms with E-state index in [1.165, 1.54) is 0 Å². The predicted octanol–water partition coefficient (Wildman–Crippen LogP) is 1.15. The average molecular weight is 300 g/mol. The lowest BCUT2D eigenvalue weighted by Crippen LogP contribution is -2.28. The SMILES string of the molecule is CCNCc1n[nH]c(C)c1S(=O)(=O)NCC1CC1(C)C. The van der Waals surface area contributed by atoms with E-state index in [0.29, 0.717) is 30.4 Å². The van der Waals surface area contributed by atoms with Crippen LogP contribution in [0.4, 0.5) is 0 Å². The van der Waals surface area contributed by atoms with Gasteiger partial charge >= 0.3 is 0 Å². The van der Waals surface area contributed by atoms with Crippen molar-refractivity contribution in [3.63, 3.8) is 0 Å². The highest BCUT2D eigenvalue weighted by molar-refractivity contribution is 7.89. The van der Waals surface area contributed by atoms with Gasteiger partial charge in [0, 0.05) is 13.1 Å². The second-order valence-electron chi connectivity index (χ2n) is 6.15. The van der Waals surface area contributed by atoms with Crippen molar-refractivity contribution in [1.82, 2.24) is 20.2 Å². The summed E-state index contributed by atoms with van der Waals surface area (Å²) in [6.45, 7) is 9.75. The van der Waals surface area contributed by atoms with E-state index in [2.05, 4.69) is 34.1 Å². The first-order chi connectivity index (χ1) is 9.28. The number of aromatic amines is 1. The molecule has 20 heavy (non-hydrogen) atoms. The van der Waals surface area contributed by atoms with Crippen molar-refractivity contribution < 1.29 is 8.42 Å². The van der Waals surface area contributed by atoms with Gasteiger partial charge in [-0.2, -0.15) is 5.10 Å². The molecule has 7 heteroatoms. The molecule has 1 aliphatic carbocycles. The third-order valence-electron chi connectivity index (χ3n) is 4.01. The van der Waals surface area contributed by atoms with Crippen LogP contribution in [-0.2, 0) is 16.6 Å². The molecule has 0 bridgehead atoms. The lowest BCUT2D eigenvalue weighted by Gasteiger charge is -2.09. The van der Waals surface area contributed by atoms with Crippen LogP contribution in [0.3, 0.4) is 0 Å². The van der Waals surface area contributed by atoms with Gasteiger partial charge in [0.05, 0.1) is 11.4 Å². The van der Waals surface area contributed by atoms with Crippen LogP contribution in [0.2, 0.25) is 0 Å². The number of nitrogens with zero attached hydrogens (tertiary/aromatic N) is 1. The number of H-pyrrole nitrogens is 1. The third-order valence-corrected chi connectivity index (χ3v) is 5.64. The van der Waals surface area contributed by atoms with Crippen LogP contribution >= 0.6 is 0 Å². The lowest BCUT2D eigenvalue weighted by atomic mass is 10.1. The fourth-order valence-corrected chi connectivity index (χ4v) is 3.84. The van der Waals surface area contributed by atoms with Gasteiger partial charge in [0.1, 0.15) is 4.90 Å². The molecule has 3 N–H and O–H groups in total. The Bertz CT molecular complexity index is 577. The smallest absolute Gasteiger partial charge is 0.244 e. The first kappa shape index (κ1) is 15.5. The number of hydrogen-bond acceptors (Lipinski definition) is 4. The first-order valence-corrected chi connectivity index (χ1v) is 8.50. The van der Waals surface area contributed by atoms with Gasteiger partial charge in [-0.1, -0.05) is 20.8 Å². The van der Waals surface area contributed by atoms with Crippen LogP contribution in [-0.4, -0.2) is 31.7 Å². The molecular formula is C13H24N4O2S. The van der Waals surface area contributed by atoms with Crippen molar-refractivity contribution in [1.29, 1.82) is 0 Å². The number of sulfonamides is 1. The van der Waals surface area contributed by atoms with E-state index in [4.69, 9.17) is 0 Å². The molecule has 0 aliphatic heterocycles. The van der Waals surface area contributed by atoms with E-state index < -0.39 is 10.0 Å². The molecule has 114 valence electrons. The van der Waals surface area contributed by atoms with Crippen molar-refractivity contribution in [2.45, 2.75) is 45.6 Å². The number of rotatable bonds is 7. The summed E-state index contributed by atoms with van der Waals surface area (Å²) in [5.41, 5.74) is 1.40. The summed E-state index contributed by atoms with van der Waals surface area (Å²) in [4.78, 5) is 0.289. The number of hydrogen-bond donors (Lipinski definition) is 3. The molecule has 1 heterocycles. The van der Waals surface area contributed by atoms with E-state index in [1.807, 2.05) is 6.92 Å². The molecule has 2 rings (SSSR count). The highest BCUT2D eigenvalue weighted by Gasteiger charge is 2.45. The Labute approximate surface area is 120 Å². The molecule has 1 aliphatic rings. The van der Waals surface area contributed by atoms with Crippen LogP contribution < -0.4 is 10.0 Å². The Morgan fingerprint density at radius 2 is 2.10 bits per heavy atom. The zero-order chi connectivity index (χ0) is 15.0. The highest BCUT2D eigenvalue weighted by Crippen LogP contribution is 2.51. The van der Waals surface area contributed by atoms with Crippen LogP contribution in [0.15, 0.2) is 4.90 Å². The standard InChI is InChI=1S/C13H24N4O2S/c1-5-14-8-11-12(9(2)16-17-11)20(18,19)15-7-10-6-13(10,3)4/h10,14-15H,5-8H2,1-4H3,(H,16,17). The highest BCUT2D eigenvalue weighted by atomic mass is 32.2. The first-order valence-electron chi connectivity index (χ1n) is 7.02. The Balaban J connectivity index is 2.10. The summed E-state index contributed by atoms with van der Waals surface area (Å²) in [5, 5.41) is 9.95. The van der Waals surface area contributed by atoms with Gasteiger partial charge in [-0.15, -0.1) is 0 Å². The van der Waals surface area contributed by atoms with E-state index in [9.17, 15) is 8.42 Å². The predicted molar refractivity (Wildman–Crippen MR) is 77.8 cm³/mol. The van der Waals surface area contributed by atoms with E-state index in [1.54, 1.807) is 6.92 Å². The second-order valence-corrected chi connectivity index (χ2v) is 7.85. The van der Waals surface area contributed by atoms with Gasteiger partial charge in [-0.3, -0.25) is 5.10 Å². The largest absolute Gasteiger partial charge is 0.311 e. The molecule has 0 saturated heterocycles. The molecule has 1 atom stereocenters. The minimum absolute atomic E-state index is 0.264. The molecule has 0 spiro atoms. The van der Waals surface area contributed by atoms with Gasteiger partial charge in [-0.05, 0) is 31.2 Å². The van der Waals surface area contributed by atoms with Gasteiger partial charge in [0.15, 0.2) is 0 Å². The lowest BCUT2D eigenvalue weighted by molar-refractivity contribution is 0.536. The summed E-state index contributed by atoms with van der Waals surface area (Å²) in [6.07, 6.45) is 1.07. The fourth-order valence-electron chi connectivity index (χ4n) is 2.40. The van der Waals surface area contributed by atoms with Gasteiger partial charge in [-0.25, -0.2) is 13.1 Å². The quantitative estimate of drug-likeness (QED) is 0.705. The van der Waals surface area contributed by atoms with Crippen molar-refractivity contribution in [3.8, 4) is 0 Å². The molecule has 1 fully saturated rings. The molecule has 1 saturated carbocycles. The summed E-state index contributed by atoms with van der Waals surface area (Å²) < 4.78 is 27.6. The maximum Gasteiger partial charge on any atom is 0.244 e. The molecule has 0 aromatic carbocycles. The minimum Gasteiger partial charge on any atom is -0.311 e. The summed E-state index contributed by atoms with van der Waals surface area (Å²) in [7, 11) is -3.50. The second kappa shape index (κ2) is 5.46. The van der Waals surface area contributed by atoms with Crippen molar-refractivity contribution in [2.24, 2.45) is 11.3 Å².